The van der Waals surface area contributed by atoms with E-state index >= 15 is 0 Å². The fourth-order valence-electron chi connectivity index (χ4n) is 1.68. The van der Waals surface area contributed by atoms with Gasteiger partial charge in [-0.2, -0.15) is 0 Å². The number of aryl methyl sites for hydroxylation is 1. The maximum Gasteiger partial charge on any atom is 0.127 e. The number of ether oxygens (including phenoxy) is 2. The van der Waals surface area contributed by atoms with Crippen LogP contribution in [0.5, 0.6) is 11.5 Å². The minimum atomic E-state index is -0.0859. The van der Waals surface area contributed by atoms with Crippen LogP contribution in [0, 0.1) is 6.92 Å². The number of benzene rings is 1. The van der Waals surface area contributed by atoms with Crippen LogP contribution >= 0.6 is 0 Å². The summed E-state index contributed by atoms with van der Waals surface area (Å²) in [7, 11) is 3.33. The quantitative estimate of drug-likeness (QED) is 0.811. The second kappa shape index (κ2) is 6.07. The lowest BCUT2D eigenvalue weighted by molar-refractivity contribution is 0.372. The molecule has 0 spiro atoms. The van der Waals surface area contributed by atoms with Gasteiger partial charge in [-0.25, -0.2) is 0 Å². The molecule has 0 aliphatic heterocycles. The molecule has 0 saturated heterocycles. The second-order valence-corrected chi connectivity index (χ2v) is 5.07. The van der Waals surface area contributed by atoms with Crippen molar-refractivity contribution in [2.45, 2.75) is 32.9 Å². The Hall–Kier alpha value is -1.26. The Morgan fingerprint density at radius 1 is 1.22 bits per heavy atom. The van der Waals surface area contributed by atoms with E-state index in [2.05, 4.69) is 26.1 Å². The SMILES string of the molecule is COc1cc(C)c(CNC(C)(C)CN)c(OC)c1. The summed E-state index contributed by atoms with van der Waals surface area (Å²) in [6, 6.07) is 3.91. The summed E-state index contributed by atoms with van der Waals surface area (Å²) in [5, 5.41) is 3.43. The summed E-state index contributed by atoms with van der Waals surface area (Å²) in [6.07, 6.45) is 0. The van der Waals surface area contributed by atoms with Gasteiger partial charge in [0, 0.05) is 30.3 Å². The number of hydrogen-bond donors (Lipinski definition) is 2. The molecular formula is C14H24N2O2. The smallest absolute Gasteiger partial charge is 0.127 e. The van der Waals surface area contributed by atoms with Crippen LogP contribution in [0.4, 0.5) is 0 Å². The summed E-state index contributed by atoms with van der Waals surface area (Å²) in [4.78, 5) is 0. The lowest BCUT2D eigenvalue weighted by Crippen LogP contribution is -2.45. The van der Waals surface area contributed by atoms with Gasteiger partial charge in [0.25, 0.3) is 0 Å². The Balaban J connectivity index is 2.94. The van der Waals surface area contributed by atoms with E-state index in [0.29, 0.717) is 6.54 Å². The van der Waals surface area contributed by atoms with E-state index in [9.17, 15) is 0 Å². The number of nitrogens with one attached hydrogen (secondary N) is 1. The Labute approximate surface area is 109 Å². The number of methoxy groups -OCH3 is 2. The van der Waals surface area contributed by atoms with E-state index in [1.807, 2.05) is 12.1 Å². The van der Waals surface area contributed by atoms with Crippen molar-refractivity contribution in [1.29, 1.82) is 0 Å². The van der Waals surface area contributed by atoms with Gasteiger partial charge in [-0.15, -0.1) is 0 Å². The third-order valence-electron chi connectivity index (χ3n) is 3.12. The molecule has 1 aromatic rings. The average Bonchev–Trinajstić information content (AvgIpc) is 2.36. The predicted molar refractivity (Wildman–Crippen MR) is 74.3 cm³/mol. The van der Waals surface area contributed by atoms with Crippen LogP contribution in [0.2, 0.25) is 0 Å². The minimum absolute atomic E-state index is 0.0859. The Morgan fingerprint density at radius 3 is 2.39 bits per heavy atom. The minimum Gasteiger partial charge on any atom is -0.497 e. The fourth-order valence-corrected chi connectivity index (χ4v) is 1.68. The van der Waals surface area contributed by atoms with Gasteiger partial charge in [0.05, 0.1) is 14.2 Å². The molecule has 0 fully saturated rings. The number of hydrogen-bond acceptors (Lipinski definition) is 4. The first-order chi connectivity index (χ1) is 8.43. The van der Waals surface area contributed by atoms with Crippen molar-refractivity contribution in [3.63, 3.8) is 0 Å². The van der Waals surface area contributed by atoms with Crippen molar-refractivity contribution in [2.75, 3.05) is 20.8 Å². The van der Waals surface area contributed by atoms with Gasteiger partial charge >= 0.3 is 0 Å². The van der Waals surface area contributed by atoms with E-state index in [1.54, 1.807) is 14.2 Å². The highest BCUT2D eigenvalue weighted by molar-refractivity contribution is 5.46. The molecule has 0 aliphatic carbocycles. The average molecular weight is 252 g/mol. The van der Waals surface area contributed by atoms with E-state index < -0.39 is 0 Å². The fraction of sp³-hybridized carbons (Fsp3) is 0.571. The van der Waals surface area contributed by atoms with E-state index in [-0.39, 0.29) is 5.54 Å². The molecule has 1 aromatic carbocycles. The van der Waals surface area contributed by atoms with Crippen molar-refractivity contribution in [3.05, 3.63) is 23.3 Å². The molecule has 18 heavy (non-hydrogen) atoms. The summed E-state index contributed by atoms with van der Waals surface area (Å²) in [5.41, 5.74) is 7.91. The van der Waals surface area contributed by atoms with E-state index in [0.717, 1.165) is 29.2 Å². The highest BCUT2D eigenvalue weighted by Gasteiger charge is 2.16. The van der Waals surface area contributed by atoms with Gasteiger partial charge in [0.2, 0.25) is 0 Å². The topological polar surface area (TPSA) is 56.5 Å². The van der Waals surface area contributed by atoms with Crippen LogP contribution < -0.4 is 20.5 Å². The summed E-state index contributed by atoms with van der Waals surface area (Å²) >= 11 is 0. The first kappa shape index (κ1) is 14.8. The first-order valence-electron chi connectivity index (χ1n) is 6.10. The van der Waals surface area contributed by atoms with Crippen molar-refractivity contribution in [2.24, 2.45) is 5.73 Å². The van der Waals surface area contributed by atoms with Gasteiger partial charge in [0.1, 0.15) is 11.5 Å². The summed E-state index contributed by atoms with van der Waals surface area (Å²) < 4.78 is 10.7. The van der Waals surface area contributed by atoms with Gasteiger partial charge in [-0.3, -0.25) is 0 Å². The molecule has 0 atom stereocenters. The lowest BCUT2D eigenvalue weighted by Gasteiger charge is -2.25. The Morgan fingerprint density at radius 2 is 1.89 bits per heavy atom. The number of nitrogens with two attached hydrogens (primary N) is 1. The standard InChI is InChI=1S/C14H24N2O2/c1-10-6-11(17-4)7-13(18-5)12(10)8-16-14(2,3)9-15/h6-7,16H,8-9,15H2,1-5H3. The summed E-state index contributed by atoms with van der Waals surface area (Å²) in [6.45, 7) is 7.53. The number of rotatable bonds is 6. The highest BCUT2D eigenvalue weighted by Crippen LogP contribution is 2.28. The zero-order valence-corrected chi connectivity index (χ0v) is 12.0. The summed E-state index contributed by atoms with van der Waals surface area (Å²) in [5.74, 6) is 1.65. The van der Waals surface area contributed by atoms with Crippen molar-refractivity contribution >= 4 is 0 Å². The van der Waals surface area contributed by atoms with Crippen molar-refractivity contribution in [3.8, 4) is 11.5 Å². The van der Waals surface area contributed by atoms with Gasteiger partial charge in [-0.1, -0.05) is 0 Å². The van der Waals surface area contributed by atoms with Gasteiger partial charge < -0.3 is 20.5 Å². The first-order valence-corrected chi connectivity index (χ1v) is 6.10. The molecular weight excluding hydrogens is 228 g/mol. The zero-order chi connectivity index (χ0) is 13.8. The van der Waals surface area contributed by atoms with Gasteiger partial charge in [0.15, 0.2) is 0 Å². The van der Waals surface area contributed by atoms with Gasteiger partial charge in [-0.05, 0) is 32.4 Å². The molecule has 4 nitrogen and oxygen atoms in total. The molecule has 0 bridgehead atoms. The van der Waals surface area contributed by atoms with Crippen LogP contribution in [-0.2, 0) is 6.54 Å². The van der Waals surface area contributed by atoms with Crippen molar-refractivity contribution in [1.82, 2.24) is 5.32 Å². The molecule has 0 amide bonds. The molecule has 3 N–H and O–H groups in total. The molecule has 0 unspecified atom stereocenters. The maximum absolute atomic E-state index is 5.71. The van der Waals surface area contributed by atoms with Crippen molar-refractivity contribution < 1.29 is 9.47 Å². The Bertz CT molecular complexity index is 403. The highest BCUT2D eigenvalue weighted by atomic mass is 16.5. The molecule has 0 saturated carbocycles. The Kier molecular flexibility index (Phi) is 4.99. The maximum atomic E-state index is 5.71. The monoisotopic (exact) mass is 252 g/mol. The normalized spacial score (nSPS) is 11.4. The molecule has 0 radical (unpaired) electrons. The van der Waals surface area contributed by atoms with Crippen LogP contribution in [-0.4, -0.2) is 26.3 Å². The zero-order valence-electron chi connectivity index (χ0n) is 12.0. The van der Waals surface area contributed by atoms with Crippen LogP contribution in [0.15, 0.2) is 12.1 Å². The third kappa shape index (κ3) is 3.62. The molecule has 4 heteroatoms. The van der Waals surface area contributed by atoms with Crippen LogP contribution in [0.3, 0.4) is 0 Å². The van der Waals surface area contributed by atoms with Crippen LogP contribution in [0.1, 0.15) is 25.0 Å². The van der Waals surface area contributed by atoms with E-state index in [1.165, 1.54) is 0 Å². The molecule has 0 aromatic heterocycles. The second-order valence-electron chi connectivity index (χ2n) is 5.07. The van der Waals surface area contributed by atoms with E-state index in [4.69, 9.17) is 15.2 Å². The largest absolute Gasteiger partial charge is 0.497 e. The third-order valence-corrected chi connectivity index (χ3v) is 3.12. The predicted octanol–water partition coefficient (Wildman–Crippen LogP) is 1.84. The van der Waals surface area contributed by atoms with Crippen LogP contribution in [0.25, 0.3) is 0 Å². The lowest BCUT2D eigenvalue weighted by atomic mass is 10.0. The molecule has 102 valence electrons. The molecule has 0 heterocycles. The molecule has 0 aliphatic rings. The molecule has 1 rings (SSSR count).